The molecule has 0 spiro atoms. The van der Waals surface area contributed by atoms with E-state index in [2.05, 4.69) is 4.98 Å². The molecule has 0 atom stereocenters. The molecule has 0 amide bonds. The van der Waals surface area contributed by atoms with Gasteiger partial charge in [0, 0.05) is 34.3 Å². The van der Waals surface area contributed by atoms with Crippen LogP contribution in [-0.4, -0.2) is 9.91 Å². The molecular weight excluding hydrogens is 224 g/mol. The van der Waals surface area contributed by atoms with Crippen LogP contribution in [0.5, 0.6) is 0 Å². The number of pyridine rings is 1. The van der Waals surface area contributed by atoms with Crippen LogP contribution in [0.25, 0.3) is 0 Å². The topological polar surface area (TPSA) is 56.0 Å². The van der Waals surface area contributed by atoms with Gasteiger partial charge in [0.15, 0.2) is 0 Å². The average molecular weight is 232 g/mol. The highest BCUT2D eigenvalue weighted by atomic mass is 32.2. The zero-order valence-corrected chi connectivity index (χ0v) is 9.05. The van der Waals surface area contributed by atoms with Gasteiger partial charge in [0.1, 0.15) is 0 Å². The van der Waals surface area contributed by atoms with Crippen LogP contribution in [0.15, 0.2) is 58.6 Å². The summed E-state index contributed by atoms with van der Waals surface area (Å²) >= 11 is 1.45. The highest BCUT2D eigenvalue weighted by Crippen LogP contribution is 2.28. The van der Waals surface area contributed by atoms with Crippen molar-refractivity contribution in [3.05, 3.63) is 58.9 Å². The predicted octanol–water partition coefficient (Wildman–Crippen LogP) is 3.14. The third kappa shape index (κ3) is 2.58. The van der Waals surface area contributed by atoms with Crippen LogP contribution in [-0.2, 0) is 0 Å². The third-order valence-electron chi connectivity index (χ3n) is 1.90. The summed E-state index contributed by atoms with van der Waals surface area (Å²) in [7, 11) is 0. The van der Waals surface area contributed by atoms with Gasteiger partial charge in [-0.1, -0.05) is 17.8 Å². The van der Waals surface area contributed by atoms with E-state index in [1.54, 1.807) is 24.5 Å². The molecule has 0 fully saturated rings. The molecule has 0 aliphatic carbocycles. The number of nitro groups is 1. The van der Waals surface area contributed by atoms with Crippen LogP contribution in [0.1, 0.15) is 0 Å². The summed E-state index contributed by atoms with van der Waals surface area (Å²) in [5.41, 5.74) is 0.105. The standard InChI is InChI=1S/C11H8N2O2S/c14-13(15)9-3-1-4-10(7-9)16-11-5-2-6-12-8-11/h1-8H. The number of nitro benzene ring substituents is 1. The Balaban J connectivity index is 2.22. The van der Waals surface area contributed by atoms with E-state index < -0.39 is 4.92 Å². The van der Waals surface area contributed by atoms with Crippen molar-refractivity contribution in [3.63, 3.8) is 0 Å². The molecule has 0 N–H and O–H groups in total. The van der Waals surface area contributed by atoms with Crippen molar-refractivity contribution < 1.29 is 4.92 Å². The van der Waals surface area contributed by atoms with Gasteiger partial charge in [-0.05, 0) is 18.2 Å². The smallest absolute Gasteiger partial charge is 0.264 e. The summed E-state index contributed by atoms with van der Waals surface area (Å²) in [5.74, 6) is 0. The fourth-order valence-electron chi connectivity index (χ4n) is 1.20. The van der Waals surface area contributed by atoms with Crippen molar-refractivity contribution in [1.29, 1.82) is 0 Å². The van der Waals surface area contributed by atoms with E-state index in [0.29, 0.717) is 0 Å². The molecule has 0 saturated heterocycles. The van der Waals surface area contributed by atoms with Crippen LogP contribution in [0.4, 0.5) is 5.69 Å². The van der Waals surface area contributed by atoms with E-state index in [-0.39, 0.29) is 5.69 Å². The van der Waals surface area contributed by atoms with Crippen molar-refractivity contribution in [3.8, 4) is 0 Å². The highest BCUT2D eigenvalue weighted by Gasteiger charge is 2.06. The number of nitrogens with zero attached hydrogens (tertiary/aromatic N) is 2. The molecule has 5 heteroatoms. The van der Waals surface area contributed by atoms with E-state index in [9.17, 15) is 10.1 Å². The molecule has 0 aliphatic heterocycles. The molecule has 0 bridgehead atoms. The first kappa shape index (κ1) is 10.6. The monoisotopic (exact) mass is 232 g/mol. The van der Waals surface area contributed by atoms with Gasteiger partial charge in [0.05, 0.1) is 4.92 Å². The van der Waals surface area contributed by atoms with Crippen molar-refractivity contribution in [2.45, 2.75) is 9.79 Å². The summed E-state index contributed by atoms with van der Waals surface area (Å²) in [6, 6.07) is 10.3. The van der Waals surface area contributed by atoms with Gasteiger partial charge >= 0.3 is 0 Å². The maximum atomic E-state index is 10.6. The fraction of sp³-hybridized carbons (Fsp3) is 0. The minimum absolute atomic E-state index is 0.105. The number of aromatic nitrogens is 1. The number of non-ortho nitro benzene ring substituents is 1. The van der Waals surface area contributed by atoms with Gasteiger partial charge in [0.2, 0.25) is 0 Å². The molecule has 0 aliphatic rings. The Bertz CT molecular complexity index is 502. The van der Waals surface area contributed by atoms with Gasteiger partial charge in [-0.25, -0.2) is 0 Å². The second-order valence-corrected chi connectivity index (χ2v) is 4.19. The lowest BCUT2D eigenvalue weighted by Crippen LogP contribution is -1.87. The molecule has 4 nitrogen and oxygen atoms in total. The number of hydrogen-bond donors (Lipinski definition) is 0. The van der Waals surface area contributed by atoms with E-state index in [1.807, 2.05) is 18.2 Å². The van der Waals surface area contributed by atoms with Crippen molar-refractivity contribution in [1.82, 2.24) is 4.98 Å². The Morgan fingerprint density at radius 3 is 2.69 bits per heavy atom. The van der Waals surface area contributed by atoms with E-state index in [1.165, 1.54) is 17.8 Å². The SMILES string of the molecule is O=[N+]([O-])c1cccc(Sc2cccnc2)c1. The quantitative estimate of drug-likeness (QED) is 0.602. The Hall–Kier alpha value is -1.88. The second-order valence-electron chi connectivity index (χ2n) is 3.05. The first-order chi connectivity index (χ1) is 7.75. The molecular formula is C11H8N2O2S. The highest BCUT2D eigenvalue weighted by molar-refractivity contribution is 7.99. The number of rotatable bonds is 3. The number of benzene rings is 1. The molecule has 2 aromatic rings. The Morgan fingerprint density at radius 2 is 2.00 bits per heavy atom. The van der Waals surface area contributed by atoms with Crippen LogP contribution in [0, 0.1) is 10.1 Å². The largest absolute Gasteiger partial charge is 0.270 e. The minimum Gasteiger partial charge on any atom is -0.264 e. The van der Waals surface area contributed by atoms with E-state index in [0.717, 1.165) is 9.79 Å². The first-order valence-corrected chi connectivity index (χ1v) is 5.40. The average Bonchev–Trinajstić information content (AvgIpc) is 2.30. The van der Waals surface area contributed by atoms with Crippen LogP contribution >= 0.6 is 11.8 Å². The fourth-order valence-corrected chi connectivity index (χ4v) is 2.06. The summed E-state index contributed by atoms with van der Waals surface area (Å²) in [6.45, 7) is 0. The molecule has 1 heterocycles. The molecule has 16 heavy (non-hydrogen) atoms. The Kier molecular flexibility index (Phi) is 3.16. The lowest BCUT2D eigenvalue weighted by Gasteiger charge is -2.00. The maximum absolute atomic E-state index is 10.6. The van der Waals surface area contributed by atoms with E-state index in [4.69, 9.17) is 0 Å². The third-order valence-corrected chi connectivity index (χ3v) is 2.87. The summed E-state index contributed by atoms with van der Waals surface area (Å²) < 4.78 is 0. The summed E-state index contributed by atoms with van der Waals surface area (Å²) in [4.78, 5) is 16.0. The van der Waals surface area contributed by atoms with Crippen LogP contribution in [0.3, 0.4) is 0 Å². The lowest BCUT2D eigenvalue weighted by molar-refractivity contribution is -0.385. The molecule has 1 aromatic carbocycles. The Labute approximate surface area is 96.5 Å². The second kappa shape index (κ2) is 4.76. The minimum atomic E-state index is -0.396. The predicted molar refractivity (Wildman–Crippen MR) is 61.5 cm³/mol. The van der Waals surface area contributed by atoms with Gasteiger partial charge < -0.3 is 0 Å². The van der Waals surface area contributed by atoms with Crippen LogP contribution in [0.2, 0.25) is 0 Å². The number of hydrogen-bond acceptors (Lipinski definition) is 4. The van der Waals surface area contributed by atoms with Crippen LogP contribution < -0.4 is 0 Å². The van der Waals surface area contributed by atoms with Gasteiger partial charge in [0.25, 0.3) is 5.69 Å². The molecule has 1 aromatic heterocycles. The zero-order valence-electron chi connectivity index (χ0n) is 8.24. The van der Waals surface area contributed by atoms with Crippen molar-refractivity contribution in [2.75, 3.05) is 0 Å². The van der Waals surface area contributed by atoms with Gasteiger partial charge in [-0.2, -0.15) is 0 Å². The summed E-state index contributed by atoms with van der Waals surface area (Å²) in [5, 5.41) is 10.6. The molecule has 0 unspecified atom stereocenters. The van der Waals surface area contributed by atoms with Gasteiger partial charge in [-0.3, -0.25) is 15.1 Å². The zero-order chi connectivity index (χ0) is 11.4. The maximum Gasteiger partial charge on any atom is 0.270 e. The van der Waals surface area contributed by atoms with Crippen molar-refractivity contribution in [2.24, 2.45) is 0 Å². The van der Waals surface area contributed by atoms with Gasteiger partial charge in [-0.15, -0.1) is 0 Å². The normalized spacial score (nSPS) is 10.0. The molecule has 0 saturated carbocycles. The molecule has 80 valence electrons. The van der Waals surface area contributed by atoms with Crippen molar-refractivity contribution >= 4 is 17.4 Å². The Morgan fingerprint density at radius 1 is 1.19 bits per heavy atom. The molecule has 2 rings (SSSR count). The summed E-state index contributed by atoms with van der Waals surface area (Å²) in [6.07, 6.45) is 3.42. The first-order valence-electron chi connectivity index (χ1n) is 4.58. The lowest BCUT2D eigenvalue weighted by atomic mass is 10.3. The molecule has 0 radical (unpaired) electrons. The van der Waals surface area contributed by atoms with E-state index >= 15 is 0 Å².